The fourth-order valence-electron chi connectivity index (χ4n) is 3.50. The van der Waals surface area contributed by atoms with E-state index in [1.54, 1.807) is 37.8 Å². The molecule has 1 aliphatic rings. The lowest BCUT2D eigenvalue weighted by molar-refractivity contribution is -0.116. The van der Waals surface area contributed by atoms with Crippen molar-refractivity contribution in [2.45, 2.75) is 44.6 Å². The quantitative estimate of drug-likeness (QED) is 0.762. The van der Waals surface area contributed by atoms with Gasteiger partial charge < -0.3 is 10.1 Å². The van der Waals surface area contributed by atoms with Crippen molar-refractivity contribution in [2.75, 3.05) is 25.5 Å². The summed E-state index contributed by atoms with van der Waals surface area (Å²) in [6.45, 7) is 4.83. The smallest absolute Gasteiger partial charge is 0.246 e. The van der Waals surface area contributed by atoms with Gasteiger partial charge in [-0.15, -0.1) is 0 Å². The van der Waals surface area contributed by atoms with Gasteiger partial charge in [0.1, 0.15) is 10.6 Å². The van der Waals surface area contributed by atoms with Crippen LogP contribution in [0.4, 0.5) is 5.69 Å². The van der Waals surface area contributed by atoms with Crippen LogP contribution in [0.15, 0.2) is 29.2 Å². The molecule has 0 spiro atoms. The minimum atomic E-state index is -3.54. The number of nitrogens with one attached hydrogen (secondary N) is 1. The Hall–Kier alpha value is -2.39. The SMILES string of the molecule is COc1ccccc1NC(=O)CCn1nc(C)c(S(=O)(=O)N2CCCC2)c1C. The van der Waals surface area contributed by atoms with E-state index in [-0.39, 0.29) is 17.2 Å². The average Bonchev–Trinajstić information content (AvgIpc) is 3.29. The number of methoxy groups -OCH3 is 1. The number of ether oxygens (including phenoxy) is 1. The van der Waals surface area contributed by atoms with E-state index in [0.717, 1.165) is 12.8 Å². The van der Waals surface area contributed by atoms with E-state index < -0.39 is 10.0 Å². The first-order valence-electron chi connectivity index (χ1n) is 9.31. The summed E-state index contributed by atoms with van der Waals surface area (Å²) in [6, 6.07) is 7.17. The summed E-state index contributed by atoms with van der Waals surface area (Å²) in [5, 5.41) is 7.18. The topological polar surface area (TPSA) is 93.5 Å². The first-order valence-corrected chi connectivity index (χ1v) is 10.8. The van der Waals surface area contributed by atoms with E-state index in [0.29, 0.717) is 42.5 Å². The summed E-state index contributed by atoms with van der Waals surface area (Å²) in [7, 11) is -2.00. The number of sulfonamides is 1. The van der Waals surface area contributed by atoms with Crippen molar-refractivity contribution in [3.8, 4) is 5.75 Å². The fourth-order valence-corrected chi connectivity index (χ4v) is 5.39. The number of amides is 1. The molecule has 0 radical (unpaired) electrons. The maximum atomic E-state index is 12.9. The highest BCUT2D eigenvalue weighted by Gasteiger charge is 2.32. The number of benzene rings is 1. The summed E-state index contributed by atoms with van der Waals surface area (Å²) in [6.07, 6.45) is 1.94. The number of aryl methyl sites for hydroxylation is 2. The summed E-state index contributed by atoms with van der Waals surface area (Å²) in [5.41, 5.74) is 1.63. The molecule has 2 aromatic rings. The van der Waals surface area contributed by atoms with Gasteiger partial charge in [0.2, 0.25) is 15.9 Å². The number of carbonyl (C=O) groups is 1. The van der Waals surface area contributed by atoms with Crippen molar-refractivity contribution >= 4 is 21.6 Å². The van der Waals surface area contributed by atoms with Crippen LogP contribution in [-0.2, 0) is 21.4 Å². The maximum Gasteiger partial charge on any atom is 0.246 e. The van der Waals surface area contributed by atoms with E-state index in [1.165, 1.54) is 4.31 Å². The molecule has 0 bridgehead atoms. The van der Waals surface area contributed by atoms with Gasteiger partial charge in [-0.05, 0) is 38.8 Å². The lowest BCUT2D eigenvalue weighted by Crippen LogP contribution is -2.28. The molecule has 0 unspecified atom stereocenters. The van der Waals surface area contributed by atoms with Crippen LogP contribution >= 0.6 is 0 Å². The molecule has 28 heavy (non-hydrogen) atoms. The monoisotopic (exact) mass is 406 g/mol. The van der Waals surface area contributed by atoms with E-state index in [4.69, 9.17) is 4.74 Å². The third-order valence-electron chi connectivity index (χ3n) is 4.91. The van der Waals surface area contributed by atoms with Gasteiger partial charge in [-0.25, -0.2) is 8.42 Å². The van der Waals surface area contributed by atoms with Gasteiger partial charge in [0.25, 0.3) is 0 Å². The number of anilines is 1. The van der Waals surface area contributed by atoms with Crippen LogP contribution in [0.5, 0.6) is 5.75 Å². The summed E-state index contributed by atoms with van der Waals surface area (Å²) in [4.78, 5) is 12.6. The molecule has 0 saturated carbocycles. The molecule has 1 aliphatic heterocycles. The van der Waals surface area contributed by atoms with Crippen LogP contribution in [0.25, 0.3) is 0 Å². The standard InChI is InChI=1S/C19H26N4O4S/c1-14-19(28(25,26)22-11-6-7-12-22)15(2)23(21-14)13-10-18(24)20-16-8-4-5-9-17(16)27-3/h4-5,8-9H,6-7,10-13H2,1-3H3,(H,20,24). The zero-order valence-corrected chi connectivity index (χ0v) is 17.3. The van der Waals surface area contributed by atoms with Crippen molar-refractivity contribution in [2.24, 2.45) is 0 Å². The Kier molecular flexibility index (Phi) is 6.04. The zero-order valence-electron chi connectivity index (χ0n) is 16.4. The van der Waals surface area contributed by atoms with Gasteiger partial charge in [-0.2, -0.15) is 9.40 Å². The van der Waals surface area contributed by atoms with Crippen LogP contribution in [0.3, 0.4) is 0 Å². The molecule has 1 aromatic heterocycles. The first-order chi connectivity index (χ1) is 13.3. The number of para-hydroxylation sites is 2. The van der Waals surface area contributed by atoms with Gasteiger partial charge in [0, 0.05) is 19.5 Å². The minimum Gasteiger partial charge on any atom is -0.495 e. The lowest BCUT2D eigenvalue weighted by Gasteiger charge is -2.15. The van der Waals surface area contributed by atoms with E-state index in [2.05, 4.69) is 10.4 Å². The van der Waals surface area contributed by atoms with Gasteiger partial charge in [-0.1, -0.05) is 12.1 Å². The Bertz CT molecular complexity index is 962. The lowest BCUT2D eigenvalue weighted by atomic mass is 10.2. The molecule has 0 atom stereocenters. The van der Waals surface area contributed by atoms with Crippen LogP contribution < -0.4 is 10.1 Å². The number of hydrogen-bond donors (Lipinski definition) is 1. The maximum absolute atomic E-state index is 12.9. The zero-order chi connectivity index (χ0) is 20.3. The number of nitrogens with zero attached hydrogens (tertiary/aromatic N) is 3. The summed E-state index contributed by atoms with van der Waals surface area (Å²) in [5.74, 6) is 0.391. The summed E-state index contributed by atoms with van der Waals surface area (Å²) < 4.78 is 34.2. The molecule has 1 fully saturated rings. The Morgan fingerprint density at radius 2 is 1.89 bits per heavy atom. The third kappa shape index (κ3) is 4.05. The summed E-state index contributed by atoms with van der Waals surface area (Å²) >= 11 is 0. The molecule has 1 amide bonds. The predicted molar refractivity (Wildman–Crippen MR) is 106 cm³/mol. The van der Waals surface area contributed by atoms with Crippen LogP contribution in [0, 0.1) is 13.8 Å². The highest BCUT2D eigenvalue weighted by molar-refractivity contribution is 7.89. The van der Waals surface area contributed by atoms with Crippen molar-refractivity contribution in [1.82, 2.24) is 14.1 Å². The van der Waals surface area contributed by atoms with Crippen molar-refractivity contribution in [3.63, 3.8) is 0 Å². The molecule has 1 saturated heterocycles. The van der Waals surface area contributed by atoms with Gasteiger partial charge in [0.15, 0.2) is 0 Å². The van der Waals surface area contributed by atoms with Crippen LogP contribution in [0.2, 0.25) is 0 Å². The van der Waals surface area contributed by atoms with Gasteiger partial charge in [-0.3, -0.25) is 9.48 Å². The third-order valence-corrected chi connectivity index (χ3v) is 7.06. The van der Waals surface area contributed by atoms with E-state index in [9.17, 15) is 13.2 Å². The molecule has 1 N–H and O–H groups in total. The normalized spacial score (nSPS) is 15.0. The predicted octanol–water partition coefficient (Wildman–Crippen LogP) is 2.32. The molecular formula is C19H26N4O4S. The van der Waals surface area contributed by atoms with Crippen LogP contribution in [-0.4, -0.2) is 48.6 Å². The van der Waals surface area contributed by atoms with E-state index >= 15 is 0 Å². The number of rotatable bonds is 7. The Balaban J connectivity index is 1.71. The fraction of sp³-hybridized carbons (Fsp3) is 0.474. The number of aromatic nitrogens is 2. The van der Waals surface area contributed by atoms with Crippen LogP contribution in [0.1, 0.15) is 30.7 Å². The van der Waals surface area contributed by atoms with Crippen molar-refractivity contribution < 1.29 is 17.9 Å². The van der Waals surface area contributed by atoms with Gasteiger partial charge >= 0.3 is 0 Å². The second-order valence-electron chi connectivity index (χ2n) is 6.83. The molecule has 2 heterocycles. The Labute approximate surface area is 165 Å². The molecular weight excluding hydrogens is 380 g/mol. The first kappa shape index (κ1) is 20.3. The van der Waals surface area contributed by atoms with E-state index in [1.807, 2.05) is 12.1 Å². The second-order valence-corrected chi connectivity index (χ2v) is 8.71. The highest BCUT2D eigenvalue weighted by atomic mass is 32.2. The second kappa shape index (κ2) is 8.32. The highest BCUT2D eigenvalue weighted by Crippen LogP contribution is 2.27. The Morgan fingerprint density at radius 1 is 1.21 bits per heavy atom. The minimum absolute atomic E-state index is 0.170. The molecule has 9 heteroatoms. The van der Waals surface area contributed by atoms with Crippen molar-refractivity contribution in [1.29, 1.82) is 0 Å². The molecule has 152 valence electrons. The molecule has 0 aliphatic carbocycles. The Morgan fingerprint density at radius 3 is 2.57 bits per heavy atom. The largest absolute Gasteiger partial charge is 0.495 e. The number of hydrogen-bond acceptors (Lipinski definition) is 5. The molecule has 3 rings (SSSR count). The molecule has 1 aromatic carbocycles. The van der Waals surface area contributed by atoms with Crippen molar-refractivity contribution in [3.05, 3.63) is 35.7 Å². The number of carbonyl (C=O) groups excluding carboxylic acids is 1. The molecule has 8 nitrogen and oxygen atoms in total. The average molecular weight is 407 g/mol. The van der Waals surface area contributed by atoms with Gasteiger partial charge in [0.05, 0.1) is 30.7 Å².